The number of thiazole rings is 1. The number of nitrogens with zero attached hydrogens (tertiary/aromatic N) is 4. The topological polar surface area (TPSA) is 51.0 Å². The zero-order valence-corrected chi connectivity index (χ0v) is 20.2. The Bertz CT molecular complexity index is 1220. The van der Waals surface area contributed by atoms with Crippen LogP contribution in [0.15, 0.2) is 55.1 Å². The number of carbonyl (C=O) groups excluding carboxylic acids is 1. The summed E-state index contributed by atoms with van der Waals surface area (Å²) < 4.78 is 3.17. The van der Waals surface area contributed by atoms with Gasteiger partial charge in [-0.1, -0.05) is 50.3 Å². The minimum Gasteiger partial charge on any atom is -0.337 e. The number of carbonyl (C=O) groups is 1. The van der Waals surface area contributed by atoms with E-state index in [0.29, 0.717) is 12.1 Å². The van der Waals surface area contributed by atoms with Crippen molar-refractivity contribution in [3.05, 3.63) is 77.4 Å². The van der Waals surface area contributed by atoms with Crippen molar-refractivity contribution in [3.8, 4) is 0 Å². The lowest BCUT2D eigenvalue weighted by molar-refractivity contribution is 0.0986. The molecule has 0 bridgehead atoms. The minimum atomic E-state index is -0.00970. The number of rotatable bonds is 6. The highest BCUT2D eigenvalue weighted by molar-refractivity contribution is 7.22. The van der Waals surface area contributed by atoms with Gasteiger partial charge >= 0.3 is 0 Å². The number of aryl methyl sites for hydroxylation is 3. The van der Waals surface area contributed by atoms with Crippen molar-refractivity contribution in [2.45, 2.75) is 53.0 Å². The molecule has 0 unspecified atom stereocenters. The highest BCUT2D eigenvalue weighted by Gasteiger charge is 2.22. The molecule has 4 aromatic rings. The Morgan fingerprint density at radius 2 is 1.88 bits per heavy atom. The van der Waals surface area contributed by atoms with Crippen molar-refractivity contribution in [1.82, 2.24) is 14.5 Å². The standard InChI is InChI=1S/C26H30N4OS/c1-18-15-19(2)23-22(16-18)28-25(32-23)30(13-6-12-29-14-11-27-17-29)24(31)20-7-9-21(10-8-20)26(3,4)5/h7-11,14-17H,6,12-13H2,1-5H3. The highest BCUT2D eigenvalue weighted by atomic mass is 32.1. The smallest absolute Gasteiger partial charge is 0.260 e. The maximum atomic E-state index is 13.6. The zero-order valence-electron chi connectivity index (χ0n) is 19.4. The zero-order chi connectivity index (χ0) is 22.9. The second kappa shape index (κ2) is 8.87. The van der Waals surface area contributed by atoms with Gasteiger partial charge in [0.25, 0.3) is 5.91 Å². The van der Waals surface area contributed by atoms with Crippen LogP contribution in [-0.2, 0) is 12.0 Å². The Kier molecular flexibility index (Phi) is 6.15. The molecular formula is C26H30N4OS. The molecule has 2 heterocycles. The monoisotopic (exact) mass is 446 g/mol. The molecule has 0 saturated carbocycles. The number of anilines is 1. The van der Waals surface area contributed by atoms with Gasteiger partial charge in [0.05, 0.1) is 16.5 Å². The summed E-state index contributed by atoms with van der Waals surface area (Å²) in [7, 11) is 0. The van der Waals surface area contributed by atoms with Crippen molar-refractivity contribution in [3.63, 3.8) is 0 Å². The van der Waals surface area contributed by atoms with Crippen LogP contribution in [0, 0.1) is 13.8 Å². The van der Waals surface area contributed by atoms with Gasteiger partial charge in [-0.2, -0.15) is 0 Å². The summed E-state index contributed by atoms with van der Waals surface area (Å²) >= 11 is 1.59. The lowest BCUT2D eigenvalue weighted by Crippen LogP contribution is -2.32. The Morgan fingerprint density at radius 3 is 2.53 bits per heavy atom. The molecule has 0 spiro atoms. The van der Waals surface area contributed by atoms with E-state index in [1.807, 2.05) is 27.8 Å². The van der Waals surface area contributed by atoms with Gasteiger partial charge in [0.15, 0.2) is 5.13 Å². The van der Waals surface area contributed by atoms with Crippen LogP contribution in [0.5, 0.6) is 0 Å². The lowest BCUT2D eigenvalue weighted by Gasteiger charge is -2.22. The Labute approximate surface area is 193 Å². The first-order valence-electron chi connectivity index (χ1n) is 11.0. The third-order valence-corrected chi connectivity index (χ3v) is 6.87. The van der Waals surface area contributed by atoms with E-state index in [-0.39, 0.29) is 11.3 Å². The van der Waals surface area contributed by atoms with Gasteiger partial charge in [0, 0.05) is 31.0 Å². The predicted molar refractivity (Wildman–Crippen MR) is 133 cm³/mol. The van der Waals surface area contributed by atoms with Crippen molar-refractivity contribution < 1.29 is 4.79 Å². The van der Waals surface area contributed by atoms with Gasteiger partial charge in [-0.25, -0.2) is 9.97 Å². The van der Waals surface area contributed by atoms with Gasteiger partial charge in [0.2, 0.25) is 0 Å². The van der Waals surface area contributed by atoms with Crippen LogP contribution >= 0.6 is 11.3 Å². The maximum Gasteiger partial charge on any atom is 0.260 e. The molecule has 0 atom stereocenters. The molecule has 0 aliphatic carbocycles. The largest absolute Gasteiger partial charge is 0.337 e. The van der Waals surface area contributed by atoms with Gasteiger partial charge in [-0.15, -0.1) is 0 Å². The molecule has 1 amide bonds. The summed E-state index contributed by atoms with van der Waals surface area (Å²) in [6, 6.07) is 12.3. The number of fused-ring (bicyclic) bond motifs is 1. The summed E-state index contributed by atoms with van der Waals surface area (Å²) in [6.45, 7) is 12.1. The van der Waals surface area contributed by atoms with Gasteiger partial charge in [-0.3, -0.25) is 9.69 Å². The summed E-state index contributed by atoms with van der Waals surface area (Å²) in [5.74, 6) is -0.00970. The number of amides is 1. The van der Waals surface area contributed by atoms with E-state index in [1.165, 1.54) is 16.7 Å². The second-order valence-corrected chi connectivity index (χ2v) is 10.3. The third-order valence-electron chi connectivity index (χ3n) is 5.64. The summed E-state index contributed by atoms with van der Waals surface area (Å²) in [5, 5.41) is 0.754. The number of aromatic nitrogens is 3. The van der Waals surface area contributed by atoms with E-state index in [4.69, 9.17) is 4.98 Å². The first-order chi connectivity index (χ1) is 15.2. The lowest BCUT2D eigenvalue weighted by atomic mass is 9.86. The first-order valence-corrected chi connectivity index (χ1v) is 11.8. The molecule has 0 saturated heterocycles. The van der Waals surface area contributed by atoms with Crippen molar-refractivity contribution >= 4 is 32.6 Å². The van der Waals surface area contributed by atoms with Gasteiger partial charge in [-0.05, 0) is 60.6 Å². The van der Waals surface area contributed by atoms with E-state index in [9.17, 15) is 4.79 Å². The molecule has 6 heteroatoms. The van der Waals surface area contributed by atoms with E-state index < -0.39 is 0 Å². The fraction of sp³-hybridized carbons (Fsp3) is 0.346. The fourth-order valence-electron chi connectivity index (χ4n) is 3.86. The van der Waals surface area contributed by atoms with Crippen molar-refractivity contribution in [2.75, 3.05) is 11.4 Å². The SMILES string of the molecule is Cc1cc(C)c2sc(N(CCCn3ccnc3)C(=O)c3ccc(C(C)(C)C)cc3)nc2c1. The van der Waals surface area contributed by atoms with Gasteiger partial charge in [0.1, 0.15) is 0 Å². The fourth-order valence-corrected chi connectivity index (χ4v) is 4.90. The van der Waals surface area contributed by atoms with Crippen molar-refractivity contribution in [2.24, 2.45) is 0 Å². The summed E-state index contributed by atoms with van der Waals surface area (Å²) in [4.78, 5) is 24.4. The van der Waals surface area contributed by atoms with Gasteiger partial charge < -0.3 is 4.57 Å². The molecule has 2 aromatic carbocycles. The van der Waals surface area contributed by atoms with E-state index in [0.717, 1.165) is 28.3 Å². The molecule has 0 aliphatic heterocycles. The highest BCUT2D eigenvalue weighted by Crippen LogP contribution is 2.33. The normalized spacial score (nSPS) is 11.8. The van der Waals surface area contributed by atoms with Crippen LogP contribution in [-0.4, -0.2) is 27.0 Å². The van der Waals surface area contributed by atoms with E-state index in [2.05, 4.69) is 63.9 Å². The maximum absolute atomic E-state index is 13.6. The first kappa shape index (κ1) is 22.2. The number of hydrogen-bond acceptors (Lipinski definition) is 4. The average molecular weight is 447 g/mol. The van der Waals surface area contributed by atoms with Crippen LogP contribution in [0.2, 0.25) is 0 Å². The molecule has 0 N–H and O–H groups in total. The molecule has 5 nitrogen and oxygen atoms in total. The molecule has 0 aliphatic rings. The molecule has 0 fully saturated rings. The van der Waals surface area contributed by atoms with Crippen molar-refractivity contribution in [1.29, 1.82) is 0 Å². The van der Waals surface area contributed by atoms with E-state index in [1.54, 1.807) is 23.9 Å². The molecular weight excluding hydrogens is 416 g/mol. The average Bonchev–Trinajstić information content (AvgIpc) is 3.40. The van der Waals surface area contributed by atoms with Crippen LogP contribution < -0.4 is 4.90 Å². The third kappa shape index (κ3) is 4.75. The Morgan fingerprint density at radius 1 is 1.12 bits per heavy atom. The Hall–Kier alpha value is -2.99. The van der Waals surface area contributed by atoms with E-state index >= 15 is 0 Å². The number of imidazole rings is 1. The quantitative estimate of drug-likeness (QED) is 0.357. The van der Waals surface area contributed by atoms with Crippen LogP contribution in [0.1, 0.15) is 54.2 Å². The van der Waals surface area contributed by atoms with Crippen LogP contribution in [0.25, 0.3) is 10.2 Å². The molecule has 0 radical (unpaired) electrons. The minimum absolute atomic E-state index is 0.00970. The van der Waals surface area contributed by atoms with Crippen LogP contribution in [0.4, 0.5) is 5.13 Å². The van der Waals surface area contributed by atoms with Crippen LogP contribution in [0.3, 0.4) is 0 Å². The molecule has 166 valence electrons. The summed E-state index contributed by atoms with van der Waals surface area (Å²) in [5.41, 5.74) is 5.29. The molecule has 2 aromatic heterocycles. The number of benzene rings is 2. The predicted octanol–water partition coefficient (Wildman–Crippen LogP) is 6.14. The number of hydrogen-bond donors (Lipinski definition) is 0. The molecule has 32 heavy (non-hydrogen) atoms. The second-order valence-electron chi connectivity index (χ2n) is 9.36. The molecule has 4 rings (SSSR count). The Balaban J connectivity index is 1.65. The summed E-state index contributed by atoms with van der Waals surface area (Å²) in [6.07, 6.45) is 6.34.